The van der Waals surface area contributed by atoms with E-state index in [1.165, 1.54) is 0 Å². The van der Waals surface area contributed by atoms with Crippen LogP contribution in [-0.4, -0.2) is 23.7 Å². The lowest BCUT2D eigenvalue weighted by atomic mass is 10.1. The first kappa shape index (κ1) is 10.7. The molecule has 16 heavy (non-hydrogen) atoms. The lowest BCUT2D eigenvalue weighted by Gasteiger charge is -2.22. The summed E-state index contributed by atoms with van der Waals surface area (Å²) in [5, 5.41) is 9.19. The van der Waals surface area contributed by atoms with Crippen LogP contribution in [0.1, 0.15) is 12.5 Å². The average Bonchev–Trinajstić information content (AvgIpc) is 2.65. The summed E-state index contributed by atoms with van der Waals surface area (Å²) in [4.78, 5) is 13.1. The number of para-hydroxylation sites is 1. The molecule has 0 fully saturated rings. The summed E-state index contributed by atoms with van der Waals surface area (Å²) in [5.74, 6) is -0.749. The molecule has 3 nitrogen and oxygen atoms in total. The summed E-state index contributed by atoms with van der Waals surface area (Å²) in [6.07, 6.45) is 4.53. The Morgan fingerprint density at radius 3 is 3.00 bits per heavy atom. The molecule has 1 aromatic rings. The van der Waals surface area contributed by atoms with Crippen LogP contribution in [0.2, 0.25) is 0 Å². The third-order valence-electron chi connectivity index (χ3n) is 2.91. The molecule has 0 saturated heterocycles. The van der Waals surface area contributed by atoms with E-state index in [9.17, 15) is 9.90 Å². The maximum absolute atomic E-state index is 11.2. The van der Waals surface area contributed by atoms with Gasteiger partial charge in [0.2, 0.25) is 0 Å². The van der Waals surface area contributed by atoms with Crippen LogP contribution in [0.25, 0.3) is 0 Å². The van der Waals surface area contributed by atoms with Crippen LogP contribution in [0.5, 0.6) is 0 Å². The van der Waals surface area contributed by atoms with E-state index >= 15 is 0 Å². The van der Waals surface area contributed by atoms with Crippen molar-refractivity contribution in [3.8, 4) is 0 Å². The third-order valence-corrected chi connectivity index (χ3v) is 2.91. The van der Waals surface area contributed by atoms with Gasteiger partial charge in [0, 0.05) is 18.7 Å². The van der Waals surface area contributed by atoms with Gasteiger partial charge in [0.15, 0.2) is 0 Å². The van der Waals surface area contributed by atoms with Crippen LogP contribution in [0.15, 0.2) is 36.4 Å². The van der Waals surface area contributed by atoms with Crippen LogP contribution in [0.3, 0.4) is 0 Å². The van der Waals surface area contributed by atoms with E-state index in [0.717, 1.165) is 11.3 Å². The highest BCUT2D eigenvalue weighted by Crippen LogP contribution is 2.31. The zero-order valence-electron chi connectivity index (χ0n) is 9.26. The maximum atomic E-state index is 11.2. The van der Waals surface area contributed by atoms with Crippen molar-refractivity contribution in [1.82, 2.24) is 0 Å². The Morgan fingerprint density at radius 1 is 1.56 bits per heavy atom. The molecule has 84 valence electrons. The topological polar surface area (TPSA) is 40.5 Å². The quantitative estimate of drug-likeness (QED) is 0.788. The predicted molar refractivity (Wildman–Crippen MR) is 63.7 cm³/mol. The Kier molecular flexibility index (Phi) is 2.95. The lowest BCUT2D eigenvalue weighted by Crippen LogP contribution is -2.38. The van der Waals surface area contributed by atoms with Crippen LogP contribution >= 0.6 is 0 Å². The molecule has 0 saturated carbocycles. The van der Waals surface area contributed by atoms with Gasteiger partial charge in [0.1, 0.15) is 6.04 Å². The SMILES string of the molecule is C/C=C/CN1c2ccccc2CC1C(=O)O. The second-order valence-corrected chi connectivity index (χ2v) is 3.91. The van der Waals surface area contributed by atoms with Crippen molar-refractivity contribution in [3.05, 3.63) is 42.0 Å². The Labute approximate surface area is 95.0 Å². The highest BCUT2D eigenvalue weighted by molar-refractivity contribution is 5.82. The lowest BCUT2D eigenvalue weighted by molar-refractivity contribution is -0.138. The fourth-order valence-corrected chi connectivity index (χ4v) is 2.12. The number of carboxylic acid groups (broad SMARTS) is 1. The number of fused-ring (bicyclic) bond motifs is 1. The van der Waals surface area contributed by atoms with E-state index in [4.69, 9.17) is 0 Å². The molecule has 2 rings (SSSR count). The minimum atomic E-state index is -0.749. The van der Waals surface area contributed by atoms with Gasteiger partial charge in [-0.3, -0.25) is 0 Å². The van der Waals surface area contributed by atoms with E-state index in [-0.39, 0.29) is 0 Å². The number of aliphatic carboxylic acids is 1. The summed E-state index contributed by atoms with van der Waals surface area (Å²) < 4.78 is 0. The number of anilines is 1. The number of rotatable bonds is 3. The average molecular weight is 217 g/mol. The summed E-state index contributed by atoms with van der Waals surface area (Å²) >= 11 is 0. The molecule has 0 bridgehead atoms. The maximum Gasteiger partial charge on any atom is 0.326 e. The number of hydrogen-bond acceptors (Lipinski definition) is 2. The Hall–Kier alpha value is -1.77. The first-order valence-electron chi connectivity index (χ1n) is 5.42. The highest BCUT2D eigenvalue weighted by atomic mass is 16.4. The minimum absolute atomic E-state index is 0.423. The van der Waals surface area contributed by atoms with Gasteiger partial charge in [0.05, 0.1) is 0 Å². The van der Waals surface area contributed by atoms with Gasteiger partial charge >= 0.3 is 5.97 Å². The Balaban J connectivity index is 2.32. The van der Waals surface area contributed by atoms with E-state index in [1.807, 2.05) is 48.2 Å². The van der Waals surface area contributed by atoms with Crippen LogP contribution in [0, 0.1) is 0 Å². The van der Waals surface area contributed by atoms with Crippen molar-refractivity contribution in [1.29, 1.82) is 0 Å². The smallest absolute Gasteiger partial charge is 0.326 e. The Bertz CT molecular complexity index is 426. The van der Waals surface area contributed by atoms with Crippen molar-refractivity contribution in [3.63, 3.8) is 0 Å². The molecule has 1 aliphatic rings. The molecular weight excluding hydrogens is 202 g/mol. The first-order valence-corrected chi connectivity index (χ1v) is 5.42. The van der Waals surface area contributed by atoms with Gasteiger partial charge in [-0.05, 0) is 18.6 Å². The fourth-order valence-electron chi connectivity index (χ4n) is 2.12. The van der Waals surface area contributed by atoms with Crippen molar-refractivity contribution in [2.45, 2.75) is 19.4 Å². The number of nitrogens with zero attached hydrogens (tertiary/aromatic N) is 1. The number of hydrogen-bond donors (Lipinski definition) is 1. The van der Waals surface area contributed by atoms with Crippen molar-refractivity contribution in [2.24, 2.45) is 0 Å². The normalized spacial score (nSPS) is 19.1. The zero-order valence-corrected chi connectivity index (χ0v) is 9.26. The summed E-state index contributed by atoms with van der Waals surface area (Å²) in [7, 11) is 0. The van der Waals surface area contributed by atoms with E-state index in [2.05, 4.69) is 0 Å². The minimum Gasteiger partial charge on any atom is -0.480 e. The van der Waals surface area contributed by atoms with Crippen LogP contribution < -0.4 is 4.90 Å². The molecule has 0 spiro atoms. The predicted octanol–water partition coefficient (Wildman–Crippen LogP) is 2.08. The van der Waals surface area contributed by atoms with Crippen molar-refractivity contribution in [2.75, 3.05) is 11.4 Å². The molecule has 0 aromatic heterocycles. The van der Waals surface area contributed by atoms with Gasteiger partial charge in [0.25, 0.3) is 0 Å². The van der Waals surface area contributed by atoms with Gasteiger partial charge < -0.3 is 10.0 Å². The molecule has 1 aliphatic heterocycles. The van der Waals surface area contributed by atoms with Gasteiger partial charge in [-0.2, -0.15) is 0 Å². The number of carbonyl (C=O) groups is 1. The molecule has 0 aliphatic carbocycles. The number of allylic oxidation sites excluding steroid dienone is 1. The molecule has 1 unspecified atom stereocenters. The summed E-state index contributed by atoms with van der Waals surface area (Å²) in [5.41, 5.74) is 2.17. The molecule has 0 radical (unpaired) electrons. The molecule has 1 N–H and O–H groups in total. The molecular formula is C13H15NO2. The highest BCUT2D eigenvalue weighted by Gasteiger charge is 2.33. The largest absolute Gasteiger partial charge is 0.480 e. The second-order valence-electron chi connectivity index (χ2n) is 3.91. The van der Waals surface area contributed by atoms with E-state index in [1.54, 1.807) is 0 Å². The van der Waals surface area contributed by atoms with Gasteiger partial charge in [-0.15, -0.1) is 0 Å². The van der Waals surface area contributed by atoms with E-state index < -0.39 is 12.0 Å². The Morgan fingerprint density at radius 2 is 2.31 bits per heavy atom. The van der Waals surface area contributed by atoms with Gasteiger partial charge in [-0.1, -0.05) is 30.4 Å². The van der Waals surface area contributed by atoms with Crippen LogP contribution in [0.4, 0.5) is 5.69 Å². The number of carboxylic acids is 1. The fraction of sp³-hybridized carbons (Fsp3) is 0.308. The molecule has 1 atom stereocenters. The molecule has 0 amide bonds. The molecule has 3 heteroatoms. The zero-order chi connectivity index (χ0) is 11.5. The monoisotopic (exact) mass is 217 g/mol. The van der Waals surface area contributed by atoms with E-state index in [0.29, 0.717) is 13.0 Å². The standard InChI is InChI=1S/C13H15NO2/c1-2-3-8-14-11-7-5-4-6-10(11)9-12(14)13(15)16/h2-7,12H,8-9H2,1H3,(H,15,16)/b3-2+. The number of benzene rings is 1. The van der Waals surface area contributed by atoms with Crippen LogP contribution in [-0.2, 0) is 11.2 Å². The second kappa shape index (κ2) is 4.39. The third kappa shape index (κ3) is 1.81. The summed E-state index contributed by atoms with van der Waals surface area (Å²) in [6, 6.07) is 7.47. The first-order chi connectivity index (χ1) is 7.74. The van der Waals surface area contributed by atoms with Gasteiger partial charge in [-0.25, -0.2) is 4.79 Å². The molecule has 1 aromatic carbocycles. The summed E-state index contributed by atoms with van der Waals surface area (Å²) in [6.45, 7) is 2.60. The van der Waals surface area contributed by atoms with Crippen molar-refractivity contribution < 1.29 is 9.90 Å². The van der Waals surface area contributed by atoms with Crippen molar-refractivity contribution >= 4 is 11.7 Å². The molecule has 1 heterocycles.